The molecule has 1 fully saturated rings. The topological polar surface area (TPSA) is 38.3 Å². The maximum atomic E-state index is 13.5. The van der Waals surface area contributed by atoms with Crippen LogP contribution in [0.3, 0.4) is 0 Å². The molecule has 1 N–H and O–H groups in total. The SMILES string of the molecule is C[C@@H](Sc1ccccc1F)C(=O)NC[C@H]1CCCO1. The van der Waals surface area contributed by atoms with E-state index in [0.29, 0.717) is 11.4 Å². The highest BCUT2D eigenvalue weighted by molar-refractivity contribution is 8.00. The summed E-state index contributed by atoms with van der Waals surface area (Å²) in [6.07, 6.45) is 2.18. The lowest BCUT2D eigenvalue weighted by molar-refractivity contribution is -0.120. The Bertz CT molecular complexity index is 435. The highest BCUT2D eigenvalue weighted by Crippen LogP contribution is 2.25. The number of nitrogens with one attached hydrogen (secondary N) is 1. The second kappa shape index (κ2) is 6.91. The van der Waals surface area contributed by atoms with Gasteiger partial charge in [-0.25, -0.2) is 4.39 Å². The van der Waals surface area contributed by atoms with Crippen LogP contribution in [0, 0.1) is 5.82 Å². The average Bonchev–Trinajstić information content (AvgIpc) is 2.91. The quantitative estimate of drug-likeness (QED) is 0.844. The van der Waals surface area contributed by atoms with Crippen LogP contribution in [0.1, 0.15) is 19.8 Å². The third kappa shape index (κ3) is 4.21. The van der Waals surface area contributed by atoms with Crippen LogP contribution in [0.15, 0.2) is 29.2 Å². The van der Waals surface area contributed by atoms with E-state index in [1.54, 1.807) is 25.1 Å². The Hall–Kier alpha value is -1.07. The Morgan fingerprint density at radius 1 is 1.58 bits per heavy atom. The zero-order valence-corrected chi connectivity index (χ0v) is 11.7. The maximum absolute atomic E-state index is 13.5. The van der Waals surface area contributed by atoms with E-state index < -0.39 is 0 Å². The number of hydrogen-bond donors (Lipinski definition) is 1. The van der Waals surface area contributed by atoms with E-state index in [-0.39, 0.29) is 23.1 Å². The molecule has 2 rings (SSSR count). The molecule has 19 heavy (non-hydrogen) atoms. The van der Waals surface area contributed by atoms with E-state index in [2.05, 4.69) is 5.32 Å². The van der Waals surface area contributed by atoms with Crippen molar-refractivity contribution in [2.24, 2.45) is 0 Å². The van der Waals surface area contributed by atoms with Crippen molar-refractivity contribution in [2.75, 3.05) is 13.2 Å². The molecule has 0 unspecified atom stereocenters. The van der Waals surface area contributed by atoms with Crippen LogP contribution in [0.2, 0.25) is 0 Å². The number of amides is 1. The minimum absolute atomic E-state index is 0.0799. The fraction of sp³-hybridized carbons (Fsp3) is 0.500. The van der Waals surface area contributed by atoms with E-state index in [9.17, 15) is 9.18 Å². The maximum Gasteiger partial charge on any atom is 0.233 e. The van der Waals surface area contributed by atoms with E-state index in [1.807, 2.05) is 0 Å². The smallest absolute Gasteiger partial charge is 0.233 e. The third-order valence-electron chi connectivity index (χ3n) is 3.04. The summed E-state index contributed by atoms with van der Waals surface area (Å²) in [5.74, 6) is -0.366. The Balaban J connectivity index is 1.80. The molecule has 3 nitrogen and oxygen atoms in total. The first-order valence-electron chi connectivity index (χ1n) is 6.47. The van der Waals surface area contributed by atoms with Crippen molar-refractivity contribution in [3.05, 3.63) is 30.1 Å². The monoisotopic (exact) mass is 283 g/mol. The largest absolute Gasteiger partial charge is 0.376 e. The van der Waals surface area contributed by atoms with Gasteiger partial charge in [0, 0.05) is 18.0 Å². The van der Waals surface area contributed by atoms with E-state index in [0.717, 1.165) is 19.4 Å². The Labute approximate surface area is 116 Å². The van der Waals surface area contributed by atoms with Gasteiger partial charge in [0.2, 0.25) is 5.91 Å². The summed E-state index contributed by atoms with van der Waals surface area (Å²) in [4.78, 5) is 12.4. The normalized spacial score (nSPS) is 20.2. The fourth-order valence-corrected chi connectivity index (χ4v) is 2.86. The lowest BCUT2D eigenvalue weighted by Gasteiger charge is -2.15. The van der Waals surface area contributed by atoms with E-state index >= 15 is 0 Å². The highest BCUT2D eigenvalue weighted by Gasteiger charge is 2.19. The number of thioether (sulfide) groups is 1. The lowest BCUT2D eigenvalue weighted by atomic mass is 10.2. The minimum Gasteiger partial charge on any atom is -0.376 e. The van der Waals surface area contributed by atoms with Crippen molar-refractivity contribution in [1.29, 1.82) is 0 Å². The molecule has 1 aromatic carbocycles. The molecular weight excluding hydrogens is 265 g/mol. The molecule has 1 aromatic rings. The molecule has 0 spiro atoms. The predicted molar refractivity (Wildman–Crippen MR) is 73.7 cm³/mol. The van der Waals surface area contributed by atoms with Crippen molar-refractivity contribution in [3.63, 3.8) is 0 Å². The van der Waals surface area contributed by atoms with Gasteiger partial charge in [0.05, 0.1) is 11.4 Å². The van der Waals surface area contributed by atoms with Crippen molar-refractivity contribution in [3.8, 4) is 0 Å². The molecule has 0 saturated carbocycles. The van der Waals surface area contributed by atoms with Crippen LogP contribution in [0.5, 0.6) is 0 Å². The second-order valence-corrected chi connectivity index (χ2v) is 5.95. The number of carbonyl (C=O) groups excluding carboxylic acids is 1. The number of carbonyl (C=O) groups is 1. The van der Waals surface area contributed by atoms with Gasteiger partial charge >= 0.3 is 0 Å². The van der Waals surface area contributed by atoms with E-state index in [4.69, 9.17) is 4.74 Å². The predicted octanol–water partition coefficient (Wildman–Crippen LogP) is 2.60. The molecule has 0 radical (unpaired) electrons. The van der Waals surface area contributed by atoms with Gasteiger partial charge in [-0.3, -0.25) is 4.79 Å². The standard InChI is InChI=1S/C14H18FNO2S/c1-10(19-13-7-3-2-6-12(13)15)14(17)16-9-11-5-4-8-18-11/h2-3,6-7,10-11H,4-5,8-9H2,1H3,(H,16,17)/t10-,11-/m1/s1. The average molecular weight is 283 g/mol. The number of rotatable bonds is 5. The van der Waals surface area contributed by atoms with Gasteiger partial charge in [-0.1, -0.05) is 12.1 Å². The zero-order chi connectivity index (χ0) is 13.7. The molecule has 1 saturated heterocycles. The summed E-state index contributed by atoms with van der Waals surface area (Å²) in [5, 5.41) is 2.54. The Morgan fingerprint density at radius 2 is 2.37 bits per heavy atom. The summed E-state index contributed by atoms with van der Waals surface area (Å²) >= 11 is 1.23. The summed E-state index contributed by atoms with van der Waals surface area (Å²) in [6.45, 7) is 3.10. The highest BCUT2D eigenvalue weighted by atomic mass is 32.2. The van der Waals surface area contributed by atoms with Gasteiger partial charge < -0.3 is 10.1 Å². The molecule has 1 aliphatic rings. The van der Waals surface area contributed by atoms with Gasteiger partial charge in [0.25, 0.3) is 0 Å². The molecule has 1 amide bonds. The van der Waals surface area contributed by atoms with Crippen molar-refractivity contribution in [2.45, 2.75) is 36.0 Å². The minimum atomic E-state index is -0.321. The first-order chi connectivity index (χ1) is 9.16. The number of halogens is 1. The van der Waals surface area contributed by atoms with Crippen molar-refractivity contribution < 1.29 is 13.9 Å². The van der Waals surface area contributed by atoms with Gasteiger partial charge in [0.1, 0.15) is 5.82 Å². The van der Waals surface area contributed by atoms with Crippen LogP contribution in [-0.4, -0.2) is 30.4 Å². The van der Waals surface area contributed by atoms with Crippen LogP contribution < -0.4 is 5.32 Å². The molecule has 0 aliphatic carbocycles. The molecule has 0 bridgehead atoms. The number of hydrogen-bond acceptors (Lipinski definition) is 3. The summed E-state index contributed by atoms with van der Waals surface area (Å²) < 4.78 is 18.9. The van der Waals surface area contributed by atoms with Crippen LogP contribution in [-0.2, 0) is 9.53 Å². The molecule has 5 heteroatoms. The van der Waals surface area contributed by atoms with Gasteiger partial charge in [-0.15, -0.1) is 11.8 Å². The molecular formula is C14H18FNO2S. The van der Waals surface area contributed by atoms with Gasteiger partial charge in [-0.05, 0) is 31.9 Å². The zero-order valence-electron chi connectivity index (χ0n) is 10.9. The molecule has 0 aromatic heterocycles. The summed E-state index contributed by atoms with van der Waals surface area (Å²) in [6, 6.07) is 6.49. The molecule has 1 heterocycles. The fourth-order valence-electron chi connectivity index (χ4n) is 1.95. The lowest BCUT2D eigenvalue weighted by Crippen LogP contribution is -2.36. The van der Waals surface area contributed by atoms with Crippen molar-refractivity contribution in [1.82, 2.24) is 5.32 Å². The Morgan fingerprint density at radius 3 is 3.05 bits per heavy atom. The van der Waals surface area contributed by atoms with Crippen molar-refractivity contribution >= 4 is 17.7 Å². The van der Waals surface area contributed by atoms with Gasteiger partial charge in [-0.2, -0.15) is 0 Å². The van der Waals surface area contributed by atoms with Crippen LogP contribution in [0.4, 0.5) is 4.39 Å². The first-order valence-corrected chi connectivity index (χ1v) is 7.35. The summed E-state index contributed by atoms with van der Waals surface area (Å²) in [7, 11) is 0. The van der Waals surface area contributed by atoms with Crippen LogP contribution in [0.25, 0.3) is 0 Å². The molecule has 2 atom stereocenters. The number of benzene rings is 1. The van der Waals surface area contributed by atoms with Crippen LogP contribution >= 0.6 is 11.8 Å². The third-order valence-corrected chi connectivity index (χ3v) is 4.19. The second-order valence-electron chi connectivity index (χ2n) is 4.57. The molecule has 1 aliphatic heterocycles. The van der Waals surface area contributed by atoms with Gasteiger partial charge in [0.15, 0.2) is 0 Å². The Kier molecular flexibility index (Phi) is 5.22. The summed E-state index contributed by atoms with van der Waals surface area (Å²) in [5.41, 5.74) is 0. The number of ether oxygens (including phenoxy) is 1. The molecule has 104 valence electrons. The first kappa shape index (κ1) is 14.3. The van der Waals surface area contributed by atoms with E-state index in [1.165, 1.54) is 17.8 Å².